The maximum Gasteiger partial charge on any atom is 0.236 e. The number of nitrogens with zero attached hydrogens (tertiary/aromatic N) is 4. The molecule has 2 fully saturated rings. The predicted molar refractivity (Wildman–Crippen MR) is 133 cm³/mol. The Balaban J connectivity index is 1.15. The van der Waals surface area contributed by atoms with Gasteiger partial charge in [-0.1, -0.05) is 49.2 Å². The van der Waals surface area contributed by atoms with Crippen LogP contribution in [0, 0.1) is 0 Å². The highest BCUT2D eigenvalue weighted by molar-refractivity contribution is 6.07. The molecule has 0 radical (unpaired) electrons. The zero-order chi connectivity index (χ0) is 22.6. The SMILES string of the molecule is O=C(CN1CCN(CC(O)Cn2c3ccccc3c3ccccc32)CC1)N1CCCCCC1. The van der Waals surface area contributed by atoms with E-state index in [1.807, 2.05) is 0 Å². The van der Waals surface area contributed by atoms with Crippen molar-refractivity contribution < 1.29 is 9.90 Å². The first-order valence-corrected chi connectivity index (χ1v) is 12.6. The van der Waals surface area contributed by atoms with E-state index in [-0.39, 0.29) is 5.91 Å². The number of benzene rings is 2. The van der Waals surface area contributed by atoms with Gasteiger partial charge in [0, 0.05) is 67.6 Å². The number of carbonyl (C=O) groups excluding carboxylic acids is 1. The van der Waals surface area contributed by atoms with E-state index < -0.39 is 6.10 Å². The Morgan fingerprint density at radius 3 is 1.88 bits per heavy atom. The number of piperazine rings is 1. The van der Waals surface area contributed by atoms with Crippen LogP contribution in [0.1, 0.15) is 25.7 Å². The van der Waals surface area contributed by atoms with E-state index in [9.17, 15) is 9.90 Å². The first kappa shape index (κ1) is 22.4. The van der Waals surface area contributed by atoms with Crippen LogP contribution in [0.15, 0.2) is 48.5 Å². The fourth-order valence-corrected chi connectivity index (χ4v) is 5.51. The van der Waals surface area contributed by atoms with Gasteiger partial charge in [-0.05, 0) is 25.0 Å². The van der Waals surface area contributed by atoms with Crippen LogP contribution in [0.5, 0.6) is 0 Å². The number of hydrogen-bond acceptors (Lipinski definition) is 4. The van der Waals surface area contributed by atoms with E-state index in [0.29, 0.717) is 19.6 Å². The molecule has 176 valence electrons. The standard InChI is InChI=1S/C27H36N4O2/c32-22(20-31-25-11-5-3-9-23(25)24-10-4-6-12-26(24)31)19-28-15-17-29(18-16-28)21-27(33)30-13-7-1-2-8-14-30/h3-6,9-12,22,32H,1-2,7-8,13-21H2. The maximum absolute atomic E-state index is 12.7. The average molecular weight is 449 g/mol. The molecule has 3 heterocycles. The summed E-state index contributed by atoms with van der Waals surface area (Å²) in [7, 11) is 0. The Morgan fingerprint density at radius 1 is 0.727 bits per heavy atom. The van der Waals surface area contributed by atoms with E-state index >= 15 is 0 Å². The molecular weight excluding hydrogens is 412 g/mol. The quantitative estimate of drug-likeness (QED) is 0.629. The third-order valence-corrected chi connectivity index (χ3v) is 7.32. The smallest absolute Gasteiger partial charge is 0.236 e. The average Bonchev–Trinajstić information content (AvgIpc) is 2.98. The lowest BCUT2D eigenvalue weighted by Gasteiger charge is -2.36. The number of hydrogen-bond donors (Lipinski definition) is 1. The number of aromatic nitrogens is 1. The second-order valence-corrected chi connectivity index (χ2v) is 9.67. The molecule has 2 aliphatic rings. The summed E-state index contributed by atoms with van der Waals surface area (Å²) < 4.78 is 2.26. The number of para-hydroxylation sites is 2. The number of fused-ring (bicyclic) bond motifs is 3. The number of rotatable bonds is 6. The summed E-state index contributed by atoms with van der Waals surface area (Å²) in [6.07, 6.45) is 4.35. The molecule has 3 aromatic rings. The van der Waals surface area contributed by atoms with Crippen LogP contribution < -0.4 is 0 Å². The molecule has 1 amide bonds. The van der Waals surface area contributed by atoms with Crippen molar-refractivity contribution in [2.75, 3.05) is 52.4 Å². The van der Waals surface area contributed by atoms with Gasteiger partial charge in [-0.3, -0.25) is 14.6 Å². The minimum atomic E-state index is -0.436. The van der Waals surface area contributed by atoms with Gasteiger partial charge in [0.25, 0.3) is 0 Å². The van der Waals surface area contributed by atoms with Crippen LogP contribution in [0.4, 0.5) is 0 Å². The van der Waals surface area contributed by atoms with Crippen molar-refractivity contribution in [2.45, 2.75) is 38.3 Å². The Labute approximate surface area is 196 Å². The van der Waals surface area contributed by atoms with Gasteiger partial charge in [0.1, 0.15) is 0 Å². The summed E-state index contributed by atoms with van der Waals surface area (Å²) in [5.74, 6) is 0.289. The lowest BCUT2D eigenvalue weighted by molar-refractivity contribution is -0.132. The normalized spacial score (nSPS) is 19.7. The van der Waals surface area contributed by atoms with E-state index in [0.717, 1.165) is 52.1 Å². The molecule has 1 N–H and O–H groups in total. The van der Waals surface area contributed by atoms with Crippen molar-refractivity contribution in [3.8, 4) is 0 Å². The van der Waals surface area contributed by atoms with Crippen LogP contribution >= 0.6 is 0 Å². The van der Waals surface area contributed by atoms with Crippen LogP contribution in [-0.2, 0) is 11.3 Å². The summed E-state index contributed by atoms with van der Waals surface area (Å²) in [5, 5.41) is 13.4. The van der Waals surface area contributed by atoms with Gasteiger partial charge in [-0.2, -0.15) is 0 Å². The van der Waals surface area contributed by atoms with Crippen molar-refractivity contribution in [3.05, 3.63) is 48.5 Å². The molecule has 1 aromatic heterocycles. The van der Waals surface area contributed by atoms with Gasteiger partial charge in [-0.25, -0.2) is 0 Å². The molecule has 6 nitrogen and oxygen atoms in total. The minimum absolute atomic E-state index is 0.289. The molecule has 2 aromatic carbocycles. The number of amides is 1. The number of aliphatic hydroxyl groups is 1. The third kappa shape index (κ3) is 5.08. The van der Waals surface area contributed by atoms with Gasteiger partial charge in [-0.15, -0.1) is 0 Å². The molecular formula is C27H36N4O2. The first-order chi connectivity index (χ1) is 16.2. The molecule has 2 saturated heterocycles. The van der Waals surface area contributed by atoms with Crippen LogP contribution in [-0.4, -0.2) is 88.7 Å². The monoisotopic (exact) mass is 448 g/mol. The number of likely N-dealkylation sites (tertiary alicyclic amines) is 1. The largest absolute Gasteiger partial charge is 0.390 e. The fourth-order valence-electron chi connectivity index (χ4n) is 5.51. The fraction of sp³-hybridized carbons (Fsp3) is 0.519. The van der Waals surface area contributed by atoms with E-state index in [1.165, 1.54) is 34.6 Å². The molecule has 1 unspecified atom stereocenters. The number of aliphatic hydroxyl groups excluding tert-OH is 1. The minimum Gasteiger partial charge on any atom is -0.390 e. The molecule has 5 rings (SSSR count). The molecule has 0 aliphatic carbocycles. The van der Waals surface area contributed by atoms with Gasteiger partial charge >= 0.3 is 0 Å². The Kier molecular flexibility index (Phi) is 6.95. The molecule has 1 atom stereocenters. The Morgan fingerprint density at radius 2 is 1.27 bits per heavy atom. The van der Waals surface area contributed by atoms with Crippen molar-refractivity contribution >= 4 is 27.7 Å². The highest BCUT2D eigenvalue weighted by Gasteiger charge is 2.24. The molecule has 2 aliphatic heterocycles. The predicted octanol–water partition coefficient (Wildman–Crippen LogP) is 3.18. The zero-order valence-corrected chi connectivity index (χ0v) is 19.5. The van der Waals surface area contributed by atoms with E-state index in [4.69, 9.17) is 0 Å². The molecule has 33 heavy (non-hydrogen) atoms. The lowest BCUT2D eigenvalue weighted by atomic mass is 10.2. The van der Waals surface area contributed by atoms with Crippen LogP contribution in [0.25, 0.3) is 21.8 Å². The Hall–Kier alpha value is -2.41. The summed E-state index contributed by atoms with van der Waals surface area (Å²) in [6.45, 7) is 7.22. The zero-order valence-electron chi connectivity index (χ0n) is 19.5. The van der Waals surface area contributed by atoms with Crippen LogP contribution in [0.2, 0.25) is 0 Å². The first-order valence-electron chi connectivity index (χ1n) is 12.6. The third-order valence-electron chi connectivity index (χ3n) is 7.32. The van der Waals surface area contributed by atoms with Crippen molar-refractivity contribution in [1.82, 2.24) is 19.3 Å². The molecule has 0 saturated carbocycles. The van der Waals surface area contributed by atoms with E-state index in [2.05, 4.69) is 67.8 Å². The van der Waals surface area contributed by atoms with Crippen molar-refractivity contribution in [2.24, 2.45) is 0 Å². The van der Waals surface area contributed by atoms with Crippen LogP contribution in [0.3, 0.4) is 0 Å². The van der Waals surface area contributed by atoms with Gasteiger partial charge in [0.15, 0.2) is 0 Å². The highest BCUT2D eigenvalue weighted by atomic mass is 16.3. The number of β-amino-alcohol motifs (C(OH)–C–C–N with tert-alkyl or cyclic N) is 1. The second kappa shape index (κ2) is 10.2. The van der Waals surface area contributed by atoms with E-state index in [1.54, 1.807) is 0 Å². The molecule has 0 spiro atoms. The van der Waals surface area contributed by atoms with Gasteiger partial charge < -0.3 is 14.6 Å². The summed E-state index contributed by atoms with van der Waals surface area (Å²) >= 11 is 0. The maximum atomic E-state index is 12.7. The molecule has 6 heteroatoms. The van der Waals surface area contributed by atoms with Gasteiger partial charge in [0.05, 0.1) is 19.2 Å². The van der Waals surface area contributed by atoms with Gasteiger partial charge in [0.2, 0.25) is 5.91 Å². The lowest BCUT2D eigenvalue weighted by Crippen LogP contribution is -2.51. The molecule has 0 bridgehead atoms. The van der Waals surface area contributed by atoms with Crippen molar-refractivity contribution in [1.29, 1.82) is 0 Å². The Bertz CT molecular complexity index is 1020. The summed E-state index contributed by atoms with van der Waals surface area (Å²) in [5.41, 5.74) is 2.35. The number of carbonyl (C=O) groups is 1. The second-order valence-electron chi connectivity index (χ2n) is 9.67. The topological polar surface area (TPSA) is 52.0 Å². The van der Waals surface area contributed by atoms with Crippen molar-refractivity contribution in [3.63, 3.8) is 0 Å². The highest BCUT2D eigenvalue weighted by Crippen LogP contribution is 2.29. The summed E-state index contributed by atoms with van der Waals surface area (Å²) in [6, 6.07) is 16.9. The summed E-state index contributed by atoms with van der Waals surface area (Å²) in [4.78, 5) is 19.4.